The van der Waals surface area contributed by atoms with Crippen molar-refractivity contribution in [3.05, 3.63) is 59.7 Å². The number of carbonyl (C=O) groups excluding carboxylic acids is 3. The average molecular weight is 397 g/mol. The van der Waals surface area contributed by atoms with Crippen LogP contribution in [0.25, 0.3) is 0 Å². The highest BCUT2D eigenvalue weighted by molar-refractivity contribution is 5.96. The number of amides is 2. The number of hydrogen-bond acceptors (Lipinski definition) is 5. The Balaban J connectivity index is 1.75. The van der Waals surface area contributed by atoms with Crippen LogP contribution in [0.15, 0.2) is 48.5 Å². The fraction of sp³-hybridized carbons (Fsp3) is 0.318. The van der Waals surface area contributed by atoms with Crippen molar-refractivity contribution < 1.29 is 19.1 Å². The van der Waals surface area contributed by atoms with Gasteiger partial charge in [-0.25, -0.2) is 0 Å². The first kappa shape index (κ1) is 21.9. The van der Waals surface area contributed by atoms with Crippen LogP contribution in [0.1, 0.15) is 29.3 Å². The number of hydrogen-bond donors (Lipinski definition) is 2. The van der Waals surface area contributed by atoms with E-state index in [1.54, 1.807) is 24.3 Å². The minimum Gasteiger partial charge on any atom is -0.452 e. The van der Waals surface area contributed by atoms with Crippen molar-refractivity contribution >= 4 is 29.2 Å². The van der Waals surface area contributed by atoms with Crippen molar-refractivity contribution in [2.45, 2.75) is 26.4 Å². The van der Waals surface area contributed by atoms with Gasteiger partial charge in [-0.2, -0.15) is 0 Å². The predicted molar refractivity (Wildman–Crippen MR) is 113 cm³/mol. The maximum Gasteiger partial charge on any atom is 0.308 e. The highest BCUT2D eigenvalue weighted by Crippen LogP contribution is 2.16. The molecule has 0 aliphatic rings. The molecule has 0 bridgehead atoms. The smallest absolute Gasteiger partial charge is 0.308 e. The Labute approximate surface area is 171 Å². The molecule has 2 amide bonds. The number of nitrogens with one attached hydrogen (secondary N) is 2. The van der Waals surface area contributed by atoms with Gasteiger partial charge in [-0.05, 0) is 49.7 Å². The number of nitrogens with zero attached hydrogens (tertiary/aromatic N) is 1. The zero-order chi connectivity index (χ0) is 21.4. The molecule has 0 saturated carbocycles. The molecule has 29 heavy (non-hydrogen) atoms. The first-order valence-corrected chi connectivity index (χ1v) is 9.39. The quantitative estimate of drug-likeness (QED) is 0.669. The van der Waals surface area contributed by atoms with Gasteiger partial charge in [0, 0.05) is 37.6 Å². The van der Waals surface area contributed by atoms with E-state index in [9.17, 15) is 14.4 Å². The molecule has 0 spiro atoms. The van der Waals surface area contributed by atoms with E-state index in [1.165, 1.54) is 6.92 Å². The third kappa shape index (κ3) is 6.64. The molecule has 0 aliphatic carbocycles. The lowest BCUT2D eigenvalue weighted by Gasteiger charge is -2.15. The van der Waals surface area contributed by atoms with Crippen LogP contribution in [0.4, 0.5) is 11.4 Å². The Kier molecular flexibility index (Phi) is 7.77. The molecule has 1 unspecified atom stereocenters. The maximum absolute atomic E-state index is 12.2. The topological polar surface area (TPSA) is 87.7 Å². The summed E-state index contributed by atoms with van der Waals surface area (Å²) in [4.78, 5) is 38.2. The molecule has 2 rings (SSSR count). The molecule has 0 aromatic heterocycles. The SMILES string of the molecule is Cc1ccccc1C(=O)NCCC(=O)OC(C)C(=O)Nc1ccc(N(C)C)cc1. The number of rotatable bonds is 8. The minimum absolute atomic E-state index is 0.0211. The van der Waals surface area contributed by atoms with E-state index in [0.717, 1.165) is 11.3 Å². The van der Waals surface area contributed by atoms with Gasteiger partial charge in [0.25, 0.3) is 11.8 Å². The largest absolute Gasteiger partial charge is 0.452 e. The van der Waals surface area contributed by atoms with Gasteiger partial charge in [0.15, 0.2) is 6.10 Å². The van der Waals surface area contributed by atoms with E-state index in [0.29, 0.717) is 11.3 Å². The van der Waals surface area contributed by atoms with E-state index in [2.05, 4.69) is 10.6 Å². The highest BCUT2D eigenvalue weighted by Gasteiger charge is 2.18. The molecule has 0 fully saturated rings. The van der Waals surface area contributed by atoms with Crippen molar-refractivity contribution in [3.63, 3.8) is 0 Å². The number of anilines is 2. The van der Waals surface area contributed by atoms with Gasteiger partial charge in [-0.15, -0.1) is 0 Å². The molecular weight excluding hydrogens is 370 g/mol. The summed E-state index contributed by atoms with van der Waals surface area (Å²) >= 11 is 0. The normalized spacial score (nSPS) is 11.3. The summed E-state index contributed by atoms with van der Waals surface area (Å²) in [7, 11) is 3.86. The molecular formula is C22H27N3O4. The Hall–Kier alpha value is -3.35. The van der Waals surface area contributed by atoms with Crippen LogP contribution in [-0.4, -0.2) is 44.5 Å². The lowest BCUT2D eigenvalue weighted by molar-refractivity contribution is -0.153. The lowest BCUT2D eigenvalue weighted by Crippen LogP contribution is -2.32. The molecule has 0 radical (unpaired) electrons. The third-order valence-electron chi connectivity index (χ3n) is 4.33. The van der Waals surface area contributed by atoms with Crippen LogP contribution >= 0.6 is 0 Å². The molecule has 7 nitrogen and oxygen atoms in total. The van der Waals surface area contributed by atoms with Crippen molar-refractivity contribution in [1.82, 2.24) is 5.32 Å². The monoisotopic (exact) mass is 397 g/mol. The zero-order valence-corrected chi connectivity index (χ0v) is 17.2. The summed E-state index contributed by atoms with van der Waals surface area (Å²) in [5.41, 5.74) is 3.05. The second-order valence-electron chi connectivity index (χ2n) is 6.88. The molecule has 7 heteroatoms. The van der Waals surface area contributed by atoms with Crippen molar-refractivity contribution in [3.8, 4) is 0 Å². The Morgan fingerprint density at radius 2 is 1.69 bits per heavy atom. The molecule has 2 aromatic rings. The Morgan fingerprint density at radius 3 is 2.31 bits per heavy atom. The second kappa shape index (κ2) is 10.3. The summed E-state index contributed by atoms with van der Waals surface area (Å²) < 4.78 is 5.15. The average Bonchev–Trinajstić information content (AvgIpc) is 2.68. The molecule has 0 heterocycles. The van der Waals surface area contributed by atoms with Crippen LogP contribution in [0.3, 0.4) is 0 Å². The lowest BCUT2D eigenvalue weighted by atomic mass is 10.1. The number of esters is 1. The summed E-state index contributed by atoms with van der Waals surface area (Å²) in [5, 5.41) is 5.39. The summed E-state index contributed by atoms with van der Waals surface area (Å²) in [6, 6.07) is 14.5. The van der Waals surface area contributed by atoms with E-state index in [4.69, 9.17) is 4.74 Å². The molecule has 2 N–H and O–H groups in total. The third-order valence-corrected chi connectivity index (χ3v) is 4.33. The predicted octanol–water partition coefficient (Wildman–Crippen LogP) is 2.75. The van der Waals surface area contributed by atoms with Crippen molar-refractivity contribution in [1.29, 1.82) is 0 Å². The van der Waals surface area contributed by atoms with Gasteiger partial charge in [0.1, 0.15) is 0 Å². The van der Waals surface area contributed by atoms with Crippen molar-refractivity contribution in [2.24, 2.45) is 0 Å². The maximum atomic E-state index is 12.2. The van der Waals surface area contributed by atoms with Gasteiger partial charge in [0.2, 0.25) is 0 Å². The number of carbonyl (C=O) groups is 3. The van der Waals surface area contributed by atoms with Crippen LogP contribution in [-0.2, 0) is 14.3 Å². The van der Waals surface area contributed by atoms with Gasteiger partial charge in [0.05, 0.1) is 6.42 Å². The molecule has 2 aromatic carbocycles. The molecule has 0 aliphatic heterocycles. The van der Waals surface area contributed by atoms with Gasteiger partial charge < -0.3 is 20.3 Å². The number of ether oxygens (including phenoxy) is 1. The molecule has 0 saturated heterocycles. The van der Waals surface area contributed by atoms with E-state index >= 15 is 0 Å². The standard InChI is InChI=1S/C22H27N3O4/c1-15-7-5-6-8-19(15)22(28)23-14-13-20(26)29-16(2)21(27)24-17-9-11-18(12-10-17)25(3)4/h5-12,16H,13-14H2,1-4H3,(H,23,28)(H,24,27). The van der Waals surface area contributed by atoms with E-state index in [-0.39, 0.29) is 18.9 Å². The molecule has 1 atom stereocenters. The minimum atomic E-state index is -0.942. The summed E-state index contributed by atoms with van der Waals surface area (Å²) in [5.74, 6) is -1.22. The first-order chi connectivity index (χ1) is 13.8. The zero-order valence-electron chi connectivity index (χ0n) is 17.2. The van der Waals surface area contributed by atoms with Gasteiger partial charge in [-0.1, -0.05) is 18.2 Å². The first-order valence-electron chi connectivity index (χ1n) is 9.39. The fourth-order valence-corrected chi connectivity index (χ4v) is 2.60. The van der Waals surface area contributed by atoms with Crippen LogP contribution in [0.2, 0.25) is 0 Å². The number of benzene rings is 2. The summed E-state index contributed by atoms with van der Waals surface area (Å²) in [6.45, 7) is 3.48. The van der Waals surface area contributed by atoms with E-state index < -0.39 is 18.0 Å². The molecule has 154 valence electrons. The second-order valence-corrected chi connectivity index (χ2v) is 6.88. The summed E-state index contributed by atoms with van der Waals surface area (Å²) in [6.07, 6.45) is -0.963. The Bertz CT molecular complexity index is 863. The van der Waals surface area contributed by atoms with E-state index in [1.807, 2.05) is 50.2 Å². The van der Waals surface area contributed by atoms with Crippen LogP contribution < -0.4 is 15.5 Å². The van der Waals surface area contributed by atoms with Gasteiger partial charge >= 0.3 is 5.97 Å². The highest BCUT2D eigenvalue weighted by atomic mass is 16.5. The Morgan fingerprint density at radius 1 is 1.03 bits per heavy atom. The van der Waals surface area contributed by atoms with Crippen molar-refractivity contribution in [2.75, 3.05) is 30.9 Å². The van der Waals surface area contributed by atoms with Gasteiger partial charge in [-0.3, -0.25) is 14.4 Å². The fourth-order valence-electron chi connectivity index (χ4n) is 2.60. The van der Waals surface area contributed by atoms with Crippen LogP contribution in [0.5, 0.6) is 0 Å². The van der Waals surface area contributed by atoms with Crippen LogP contribution in [0, 0.1) is 6.92 Å². The number of aryl methyl sites for hydroxylation is 1.